The van der Waals surface area contributed by atoms with Crippen molar-refractivity contribution < 1.29 is 14.7 Å². The molecule has 0 saturated carbocycles. The van der Waals surface area contributed by atoms with Gasteiger partial charge in [-0.15, -0.1) is 0 Å². The summed E-state index contributed by atoms with van der Waals surface area (Å²) in [7, 11) is 0. The van der Waals surface area contributed by atoms with E-state index < -0.39 is 5.97 Å². The Morgan fingerprint density at radius 3 is 2.90 bits per heavy atom. The number of para-hydroxylation sites is 1. The Bertz CT molecular complexity index is 701. The molecule has 1 aliphatic heterocycles. The molecule has 1 unspecified atom stereocenters. The maximum atomic E-state index is 12.5. The molecule has 0 aromatic heterocycles. The van der Waals surface area contributed by atoms with E-state index in [0.29, 0.717) is 12.2 Å². The molecule has 106 valence electrons. The predicted molar refractivity (Wildman–Crippen MR) is 79.2 cm³/mol. The Hall–Kier alpha value is -2.53. The summed E-state index contributed by atoms with van der Waals surface area (Å²) < 4.78 is 1.01. The third-order valence-corrected chi connectivity index (χ3v) is 3.64. The van der Waals surface area contributed by atoms with E-state index in [1.807, 2.05) is 42.5 Å². The first-order valence-corrected chi connectivity index (χ1v) is 6.74. The van der Waals surface area contributed by atoms with Crippen molar-refractivity contribution in [3.05, 3.63) is 64.6 Å². The average molecular weight is 283 g/mol. The van der Waals surface area contributed by atoms with Crippen molar-refractivity contribution in [2.24, 2.45) is 0 Å². The second kappa shape index (κ2) is 5.46. The number of hydrogen-bond acceptors (Lipinski definition) is 3. The molecule has 5 nitrogen and oxygen atoms in total. The number of nitroso groups, excluding NO2 is 1. The van der Waals surface area contributed by atoms with Crippen molar-refractivity contribution in [2.75, 3.05) is 13.1 Å². The van der Waals surface area contributed by atoms with Crippen LogP contribution in [0.15, 0.2) is 54.1 Å². The minimum atomic E-state index is -0.897. The van der Waals surface area contributed by atoms with Gasteiger partial charge in [0, 0.05) is 27.9 Å². The molecule has 21 heavy (non-hydrogen) atoms. The van der Waals surface area contributed by atoms with E-state index in [4.69, 9.17) is 5.11 Å². The fourth-order valence-corrected chi connectivity index (χ4v) is 2.73. The highest BCUT2D eigenvalue weighted by Crippen LogP contribution is 2.38. The number of nitrogens with one attached hydrogen (secondary N) is 1. The van der Waals surface area contributed by atoms with Gasteiger partial charge in [-0.2, -0.15) is 0 Å². The van der Waals surface area contributed by atoms with E-state index in [1.165, 1.54) is 0 Å². The number of fused-ring (bicyclic) bond motifs is 2. The quantitative estimate of drug-likeness (QED) is 0.830. The van der Waals surface area contributed by atoms with Gasteiger partial charge >= 0.3 is 5.97 Å². The van der Waals surface area contributed by atoms with E-state index in [2.05, 4.69) is 5.32 Å². The van der Waals surface area contributed by atoms with Crippen LogP contribution in [0.5, 0.6) is 0 Å². The summed E-state index contributed by atoms with van der Waals surface area (Å²) in [5.74, 6) is -0.897. The van der Waals surface area contributed by atoms with Crippen LogP contribution in [0, 0.1) is 4.91 Å². The number of carboxylic acid groups (broad SMARTS) is 1. The average Bonchev–Trinajstić information content (AvgIpc) is 2.50. The molecule has 2 N–H and O–H groups in total. The van der Waals surface area contributed by atoms with Crippen LogP contribution >= 0.6 is 0 Å². The van der Waals surface area contributed by atoms with E-state index >= 15 is 0 Å². The van der Waals surface area contributed by atoms with E-state index in [-0.39, 0.29) is 12.6 Å². The summed E-state index contributed by atoms with van der Waals surface area (Å²) in [4.78, 5) is 23.1. The van der Waals surface area contributed by atoms with E-state index in [0.717, 1.165) is 21.5 Å². The van der Waals surface area contributed by atoms with Crippen LogP contribution in [0.3, 0.4) is 0 Å². The smallest absolute Gasteiger partial charge is 0.317 e. The Morgan fingerprint density at radius 1 is 1.29 bits per heavy atom. The summed E-state index contributed by atoms with van der Waals surface area (Å²) in [6, 6.07) is 7.06. The van der Waals surface area contributed by atoms with Crippen LogP contribution in [0.25, 0.3) is 5.57 Å². The fourth-order valence-electron chi connectivity index (χ4n) is 2.73. The zero-order chi connectivity index (χ0) is 14.8. The van der Waals surface area contributed by atoms with Crippen LogP contribution in [0.4, 0.5) is 5.69 Å². The predicted octanol–water partition coefficient (Wildman–Crippen LogP) is 2.03. The molecule has 1 aromatic carbocycles. The van der Waals surface area contributed by atoms with Gasteiger partial charge in [0.1, 0.15) is 0 Å². The lowest BCUT2D eigenvalue weighted by Gasteiger charge is -2.22. The normalized spacial score (nSPS) is 19.4. The Labute approximate surface area is 121 Å². The van der Waals surface area contributed by atoms with Crippen molar-refractivity contribution in [3.63, 3.8) is 0 Å². The number of benzene rings is 1. The van der Waals surface area contributed by atoms with E-state index in [1.54, 1.807) is 6.07 Å². The molecule has 1 atom stereocenters. The van der Waals surface area contributed by atoms with Gasteiger partial charge in [-0.25, -0.2) is 0 Å². The molecule has 0 bridgehead atoms. The summed E-state index contributed by atoms with van der Waals surface area (Å²) in [6.45, 7) is 0.311. The van der Waals surface area contributed by atoms with Gasteiger partial charge < -0.3 is 10.4 Å². The molecule has 1 aliphatic carbocycles. The van der Waals surface area contributed by atoms with Gasteiger partial charge in [0.2, 0.25) is 0 Å². The summed E-state index contributed by atoms with van der Waals surface area (Å²) in [5.41, 5.74) is 3.38. The molecule has 0 radical (unpaired) electrons. The highest BCUT2D eigenvalue weighted by atomic mass is 16.4. The standard InChI is InChI=1S/C16H14N2O3/c19-16(20)10-17-9-13-11-5-1-3-7-14(11)18(21)15-8-4-2-6-12(13)15/h1-8,14,17H,9-10H2/p+1. The first-order valence-electron chi connectivity index (χ1n) is 6.74. The summed E-state index contributed by atoms with van der Waals surface area (Å²) in [5, 5.41) is 11.7. The molecule has 2 aliphatic rings. The molecule has 3 rings (SSSR count). The molecule has 0 amide bonds. The highest BCUT2D eigenvalue weighted by molar-refractivity contribution is 5.81. The molecule has 0 saturated heterocycles. The zero-order valence-corrected chi connectivity index (χ0v) is 11.3. The Balaban J connectivity index is 2.03. The van der Waals surface area contributed by atoms with Gasteiger partial charge in [0.15, 0.2) is 0 Å². The molecular formula is C16H15N2O3+. The SMILES string of the molecule is O=C(O)CNCC1=C2C=CC=CC2[N+](=O)c2ccccc21. The summed E-state index contributed by atoms with van der Waals surface area (Å²) >= 11 is 0. The lowest BCUT2D eigenvalue weighted by molar-refractivity contribution is -0.483. The first-order chi connectivity index (χ1) is 10.2. The molecular weight excluding hydrogens is 268 g/mol. The molecule has 0 spiro atoms. The van der Waals surface area contributed by atoms with Crippen molar-refractivity contribution >= 4 is 17.2 Å². The van der Waals surface area contributed by atoms with Crippen LogP contribution in [0.2, 0.25) is 0 Å². The van der Waals surface area contributed by atoms with Crippen molar-refractivity contribution in [2.45, 2.75) is 6.04 Å². The number of hydrogen-bond donors (Lipinski definition) is 2. The largest absolute Gasteiger partial charge is 0.480 e. The molecule has 5 heteroatoms. The lowest BCUT2D eigenvalue weighted by Crippen LogP contribution is -2.31. The van der Waals surface area contributed by atoms with Gasteiger partial charge in [-0.1, -0.05) is 30.4 Å². The van der Waals surface area contributed by atoms with Crippen LogP contribution in [0.1, 0.15) is 5.56 Å². The number of carboxylic acids is 1. The van der Waals surface area contributed by atoms with Gasteiger partial charge in [-0.3, -0.25) is 4.79 Å². The monoisotopic (exact) mass is 283 g/mol. The van der Waals surface area contributed by atoms with E-state index in [9.17, 15) is 9.70 Å². The minimum absolute atomic E-state index is 0.107. The van der Waals surface area contributed by atoms with Crippen molar-refractivity contribution in [1.29, 1.82) is 0 Å². The van der Waals surface area contributed by atoms with Crippen LogP contribution in [-0.2, 0) is 4.79 Å². The Morgan fingerprint density at radius 2 is 2.10 bits per heavy atom. The van der Waals surface area contributed by atoms with Crippen LogP contribution in [-0.4, -0.2) is 35.0 Å². The van der Waals surface area contributed by atoms with Gasteiger partial charge in [-0.05, 0) is 17.7 Å². The molecule has 0 fully saturated rings. The molecule has 1 heterocycles. The highest BCUT2D eigenvalue weighted by Gasteiger charge is 2.38. The fraction of sp³-hybridized carbons (Fsp3) is 0.188. The maximum absolute atomic E-state index is 12.5. The lowest BCUT2D eigenvalue weighted by atomic mass is 9.87. The topological polar surface area (TPSA) is 69.4 Å². The van der Waals surface area contributed by atoms with Crippen molar-refractivity contribution in [3.8, 4) is 0 Å². The second-order valence-electron chi connectivity index (χ2n) is 4.96. The molecule has 1 aromatic rings. The maximum Gasteiger partial charge on any atom is 0.317 e. The van der Waals surface area contributed by atoms with Crippen LogP contribution < -0.4 is 5.32 Å². The second-order valence-corrected chi connectivity index (χ2v) is 4.96. The Kier molecular flexibility index (Phi) is 3.50. The third-order valence-electron chi connectivity index (χ3n) is 3.64. The summed E-state index contributed by atoms with van der Waals surface area (Å²) in [6.07, 6.45) is 7.53. The van der Waals surface area contributed by atoms with Gasteiger partial charge in [0.25, 0.3) is 11.7 Å². The number of nitrogens with zero attached hydrogens (tertiary/aromatic N) is 1. The zero-order valence-electron chi connectivity index (χ0n) is 11.3. The third kappa shape index (κ3) is 2.43. The number of rotatable bonds is 4. The number of allylic oxidation sites excluding steroid dienone is 2. The van der Waals surface area contributed by atoms with Crippen molar-refractivity contribution in [1.82, 2.24) is 5.32 Å². The number of aliphatic carboxylic acids is 1. The minimum Gasteiger partial charge on any atom is -0.480 e. The number of carbonyl (C=O) groups is 1. The first kappa shape index (κ1) is 13.5. The van der Waals surface area contributed by atoms with Gasteiger partial charge in [0.05, 0.1) is 12.1 Å².